The highest BCUT2D eigenvalue weighted by atomic mass is 19.1. The summed E-state index contributed by atoms with van der Waals surface area (Å²) in [5, 5.41) is 14.6. The number of hydrogen-bond donors (Lipinski definition) is 2. The number of terminal acetylenes is 1. The van der Waals surface area contributed by atoms with E-state index in [1.54, 1.807) is 24.3 Å². The van der Waals surface area contributed by atoms with E-state index < -0.39 is 17.5 Å². The number of anilines is 1. The first-order chi connectivity index (χ1) is 21.9. The van der Waals surface area contributed by atoms with Gasteiger partial charge in [-0.15, -0.1) is 6.42 Å². The molecule has 4 fully saturated rings. The molecular weight excluding hydrogens is 579 g/mol. The summed E-state index contributed by atoms with van der Waals surface area (Å²) in [4.78, 5) is 13.8. The first-order valence-electron chi connectivity index (χ1n) is 15.8. The molecule has 2 bridgehead atoms. The minimum atomic E-state index is -0.877. The van der Waals surface area contributed by atoms with Gasteiger partial charge in [0.2, 0.25) is 0 Å². The number of rotatable bonds is 6. The fourth-order valence-corrected chi connectivity index (χ4v) is 8.39. The molecule has 4 aromatic rings. The van der Waals surface area contributed by atoms with E-state index >= 15 is 8.78 Å². The van der Waals surface area contributed by atoms with Crippen LogP contribution in [0.1, 0.15) is 44.1 Å². The van der Waals surface area contributed by atoms with Crippen molar-refractivity contribution in [2.24, 2.45) is 0 Å². The summed E-state index contributed by atoms with van der Waals surface area (Å²) >= 11 is 0. The number of fused-ring (bicyclic) bond motifs is 5. The largest absolute Gasteiger partial charge is 0.461 e. The molecule has 0 aliphatic carbocycles. The van der Waals surface area contributed by atoms with E-state index in [0.29, 0.717) is 30.9 Å². The van der Waals surface area contributed by atoms with Crippen molar-refractivity contribution in [2.75, 3.05) is 37.7 Å². The van der Waals surface area contributed by atoms with Crippen molar-refractivity contribution in [3.05, 3.63) is 59.4 Å². The Morgan fingerprint density at radius 2 is 1.87 bits per heavy atom. The van der Waals surface area contributed by atoms with Crippen LogP contribution in [-0.4, -0.2) is 76.5 Å². The van der Waals surface area contributed by atoms with Gasteiger partial charge in [0.25, 0.3) is 0 Å². The summed E-state index contributed by atoms with van der Waals surface area (Å²) in [5.74, 6) is 0.487. The minimum absolute atomic E-state index is 0.0294. The molecule has 3 aromatic carbocycles. The van der Waals surface area contributed by atoms with Crippen LogP contribution in [0, 0.1) is 29.8 Å². The predicted octanol–water partition coefficient (Wildman–Crippen LogP) is 5.16. The molecule has 1 aromatic heterocycles. The third kappa shape index (κ3) is 4.55. The highest BCUT2D eigenvalue weighted by molar-refractivity contribution is 6.03. The average Bonchev–Trinajstić information content (AvgIpc) is 3.72. The fraction of sp³-hybridized carbons (Fsp3) is 0.429. The van der Waals surface area contributed by atoms with Crippen LogP contribution in [0.5, 0.6) is 6.01 Å². The fourth-order valence-electron chi connectivity index (χ4n) is 8.39. The topological polar surface area (TPSA) is 73.8 Å². The first-order valence-corrected chi connectivity index (χ1v) is 15.8. The minimum Gasteiger partial charge on any atom is -0.461 e. The van der Waals surface area contributed by atoms with E-state index in [1.807, 2.05) is 0 Å². The Labute approximate surface area is 259 Å². The SMILES string of the molecule is C#Cc1c(F)ccc2cccc(-c3c(F)cc4c(N5CC6CCC(C5)N6)nc(OCC56CCCN5[C@H](CO)CC6)nc4c3F)c12. The van der Waals surface area contributed by atoms with E-state index in [2.05, 4.69) is 26.0 Å². The van der Waals surface area contributed by atoms with Crippen LogP contribution in [0.3, 0.4) is 0 Å². The Morgan fingerprint density at radius 1 is 1.04 bits per heavy atom. The molecular formula is C35H34F3N5O2. The van der Waals surface area contributed by atoms with Crippen LogP contribution in [0.25, 0.3) is 32.8 Å². The van der Waals surface area contributed by atoms with Gasteiger partial charge < -0.3 is 20.1 Å². The molecule has 0 saturated carbocycles. The molecule has 4 saturated heterocycles. The molecule has 8 rings (SSSR count). The highest BCUT2D eigenvalue weighted by Crippen LogP contribution is 2.44. The van der Waals surface area contributed by atoms with Gasteiger partial charge in [-0.25, -0.2) is 13.2 Å². The second-order valence-corrected chi connectivity index (χ2v) is 13.0. The third-order valence-electron chi connectivity index (χ3n) is 10.5. The van der Waals surface area contributed by atoms with E-state index in [-0.39, 0.29) is 69.3 Å². The quantitative estimate of drug-likeness (QED) is 0.291. The second-order valence-electron chi connectivity index (χ2n) is 13.0. The van der Waals surface area contributed by atoms with Gasteiger partial charge in [0.15, 0.2) is 5.82 Å². The summed E-state index contributed by atoms with van der Waals surface area (Å²) in [6.07, 6.45) is 11.4. The van der Waals surface area contributed by atoms with Crippen LogP contribution < -0.4 is 15.0 Å². The van der Waals surface area contributed by atoms with Crippen molar-refractivity contribution in [1.29, 1.82) is 0 Å². The first kappa shape index (κ1) is 28.6. The number of halogens is 3. The Balaban J connectivity index is 1.28. The normalized spacial score (nSPS) is 26.1. The molecule has 0 amide bonds. The molecule has 232 valence electrons. The van der Waals surface area contributed by atoms with E-state index in [4.69, 9.17) is 16.1 Å². The molecule has 4 atom stereocenters. The molecule has 10 heteroatoms. The molecule has 45 heavy (non-hydrogen) atoms. The summed E-state index contributed by atoms with van der Waals surface area (Å²) in [6.45, 7) is 2.60. The van der Waals surface area contributed by atoms with E-state index in [1.165, 1.54) is 12.1 Å². The van der Waals surface area contributed by atoms with Gasteiger partial charge in [-0.3, -0.25) is 4.90 Å². The smallest absolute Gasteiger partial charge is 0.319 e. The average molecular weight is 614 g/mol. The maximum atomic E-state index is 16.8. The summed E-state index contributed by atoms with van der Waals surface area (Å²) in [5.41, 5.74) is -0.516. The molecule has 0 spiro atoms. The van der Waals surface area contributed by atoms with Gasteiger partial charge in [0.1, 0.15) is 29.6 Å². The lowest BCUT2D eigenvalue weighted by atomic mass is 9.93. The maximum absolute atomic E-state index is 16.8. The number of piperazine rings is 1. The van der Waals surface area contributed by atoms with Gasteiger partial charge in [-0.05, 0) is 68.2 Å². The van der Waals surface area contributed by atoms with Crippen LogP contribution in [0.15, 0.2) is 36.4 Å². The van der Waals surface area contributed by atoms with Crippen LogP contribution in [-0.2, 0) is 0 Å². The molecule has 7 nitrogen and oxygen atoms in total. The zero-order valence-electron chi connectivity index (χ0n) is 24.8. The molecule has 3 unspecified atom stereocenters. The lowest BCUT2D eigenvalue weighted by molar-refractivity contribution is 0.0644. The zero-order chi connectivity index (χ0) is 30.9. The third-order valence-corrected chi connectivity index (χ3v) is 10.5. The number of ether oxygens (including phenoxy) is 1. The van der Waals surface area contributed by atoms with Crippen molar-refractivity contribution in [1.82, 2.24) is 20.2 Å². The van der Waals surface area contributed by atoms with Crippen LogP contribution >= 0.6 is 0 Å². The molecule has 5 heterocycles. The molecule has 2 N–H and O–H groups in total. The van der Waals surface area contributed by atoms with Gasteiger partial charge in [-0.1, -0.05) is 30.2 Å². The standard InChI is InChI=1S/C35H34F3N5O2/c1-2-24-27(36)10-7-20-5-3-6-25(29(20)24)30-28(37)15-26-32(31(30)38)40-34(41-33(26)42-16-21-8-9-22(17-42)39-21)45-19-35-12-4-14-43(35)23(18-44)11-13-35/h1,3,5-7,10,15,21-23,39,44H,4,8-9,11-14,16-19H2/t21?,22?,23-,35?/m0/s1. The Bertz CT molecular complexity index is 1870. The lowest BCUT2D eigenvalue weighted by Gasteiger charge is -2.35. The number of aliphatic hydroxyl groups is 1. The van der Waals surface area contributed by atoms with Gasteiger partial charge in [-0.2, -0.15) is 9.97 Å². The van der Waals surface area contributed by atoms with Crippen molar-refractivity contribution in [3.63, 3.8) is 0 Å². The maximum Gasteiger partial charge on any atom is 0.319 e. The van der Waals surface area contributed by atoms with Crippen molar-refractivity contribution < 1.29 is 23.0 Å². The Kier molecular flexibility index (Phi) is 6.89. The Hall–Kier alpha value is -3.91. The molecule has 0 radical (unpaired) electrons. The van der Waals surface area contributed by atoms with E-state index in [0.717, 1.165) is 45.1 Å². The van der Waals surface area contributed by atoms with E-state index in [9.17, 15) is 9.50 Å². The van der Waals surface area contributed by atoms with Crippen LogP contribution in [0.4, 0.5) is 19.0 Å². The van der Waals surface area contributed by atoms with Gasteiger partial charge in [0.05, 0.1) is 23.3 Å². The van der Waals surface area contributed by atoms with Crippen molar-refractivity contribution in [3.8, 4) is 29.5 Å². The predicted molar refractivity (Wildman–Crippen MR) is 167 cm³/mol. The zero-order valence-corrected chi connectivity index (χ0v) is 24.8. The number of nitrogens with one attached hydrogen (secondary N) is 1. The van der Waals surface area contributed by atoms with Crippen molar-refractivity contribution >= 4 is 27.5 Å². The van der Waals surface area contributed by atoms with Gasteiger partial charge >= 0.3 is 6.01 Å². The Morgan fingerprint density at radius 3 is 2.64 bits per heavy atom. The highest BCUT2D eigenvalue weighted by Gasteiger charge is 2.49. The molecule has 4 aliphatic heterocycles. The lowest BCUT2D eigenvalue weighted by Crippen LogP contribution is -2.51. The summed E-state index contributed by atoms with van der Waals surface area (Å²) < 4.78 is 54.1. The summed E-state index contributed by atoms with van der Waals surface area (Å²) in [7, 11) is 0. The number of benzene rings is 3. The number of nitrogens with zero attached hydrogens (tertiary/aromatic N) is 4. The van der Waals surface area contributed by atoms with Gasteiger partial charge in [0, 0.05) is 42.0 Å². The monoisotopic (exact) mass is 613 g/mol. The van der Waals surface area contributed by atoms with Crippen LogP contribution in [0.2, 0.25) is 0 Å². The van der Waals surface area contributed by atoms with Crippen molar-refractivity contribution in [2.45, 2.75) is 62.2 Å². The number of hydrogen-bond acceptors (Lipinski definition) is 7. The summed E-state index contributed by atoms with van der Waals surface area (Å²) in [6, 6.07) is 9.70. The molecule has 4 aliphatic rings. The number of aromatic nitrogens is 2. The number of aliphatic hydroxyl groups excluding tert-OH is 1. The second kappa shape index (κ2) is 10.9.